The van der Waals surface area contributed by atoms with Crippen LogP contribution in [0.3, 0.4) is 0 Å². The van der Waals surface area contributed by atoms with Crippen LogP contribution in [0.4, 0.5) is 6.01 Å². The van der Waals surface area contributed by atoms with Gasteiger partial charge in [0, 0.05) is 22.1 Å². The zero-order valence-corrected chi connectivity index (χ0v) is 15.3. The van der Waals surface area contributed by atoms with E-state index in [1.807, 2.05) is 18.4 Å². The molecule has 0 radical (unpaired) electrons. The van der Waals surface area contributed by atoms with Crippen LogP contribution in [0.1, 0.15) is 10.4 Å². The standard InChI is InChI=1S/C18H17N3O4S/c1-23-13-8-12(9-14(10-13)24-2)17-20-21-18(25-17)19-16(22)11-4-6-15(26-3)7-5-11/h4-10H,1-3H3,(H,19,21,22). The lowest BCUT2D eigenvalue weighted by atomic mass is 10.2. The summed E-state index contributed by atoms with van der Waals surface area (Å²) in [5.41, 5.74) is 1.13. The van der Waals surface area contributed by atoms with Gasteiger partial charge in [0.2, 0.25) is 5.89 Å². The first kappa shape index (κ1) is 17.8. The van der Waals surface area contributed by atoms with Gasteiger partial charge in [0.05, 0.1) is 14.2 Å². The molecule has 0 atom stereocenters. The molecule has 0 bridgehead atoms. The predicted molar refractivity (Wildman–Crippen MR) is 99.0 cm³/mol. The molecule has 8 heteroatoms. The predicted octanol–water partition coefficient (Wildman–Crippen LogP) is 3.73. The summed E-state index contributed by atoms with van der Waals surface area (Å²) < 4.78 is 16.0. The fourth-order valence-electron chi connectivity index (χ4n) is 2.23. The minimum absolute atomic E-state index is 0.0146. The Hall–Kier alpha value is -3.00. The Morgan fingerprint density at radius 3 is 2.27 bits per heavy atom. The number of rotatable bonds is 6. The summed E-state index contributed by atoms with van der Waals surface area (Å²) >= 11 is 1.61. The van der Waals surface area contributed by atoms with Gasteiger partial charge < -0.3 is 13.9 Å². The van der Waals surface area contributed by atoms with Crippen molar-refractivity contribution in [3.8, 4) is 23.0 Å². The molecule has 0 aliphatic heterocycles. The van der Waals surface area contributed by atoms with E-state index >= 15 is 0 Å². The van der Waals surface area contributed by atoms with Gasteiger partial charge in [-0.1, -0.05) is 5.10 Å². The number of carbonyl (C=O) groups is 1. The highest BCUT2D eigenvalue weighted by Gasteiger charge is 2.14. The van der Waals surface area contributed by atoms with Crippen molar-refractivity contribution < 1.29 is 18.7 Å². The van der Waals surface area contributed by atoms with Crippen molar-refractivity contribution in [3.63, 3.8) is 0 Å². The van der Waals surface area contributed by atoms with Crippen LogP contribution in [-0.2, 0) is 0 Å². The maximum atomic E-state index is 12.3. The van der Waals surface area contributed by atoms with E-state index in [4.69, 9.17) is 13.9 Å². The third-order valence-electron chi connectivity index (χ3n) is 3.60. The first-order valence-electron chi connectivity index (χ1n) is 7.65. The molecule has 0 unspecified atom stereocenters. The van der Waals surface area contributed by atoms with Crippen LogP contribution in [0.5, 0.6) is 11.5 Å². The molecule has 0 spiro atoms. The lowest BCUT2D eigenvalue weighted by molar-refractivity contribution is 0.102. The fourth-order valence-corrected chi connectivity index (χ4v) is 2.64. The molecule has 1 N–H and O–H groups in total. The van der Waals surface area contributed by atoms with Crippen molar-refractivity contribution >= 4 is 23.7 Å². The molecule has 1 heterocycles. The van der Waals surface area contributed by atoms with E-state index in [1.165, 1.54) is 0 Å². The van der Waals surface area contributed by atoms with Crippen LogP contribution in [0.15, 0.2) is 51.8 Å². The number of amides is 1. The van der Waals surface area contributed by atoms with Gasteiger partial charge in [0.15, 0.2) is 0 Å². The molecule has 1 aromatic heterocycles. The van der Waals surface area contributed by atoms with Gasteiger partial charge in [0.25, 0.3) is 5.91 Å². The Kier molecular flexibility index (Phi) is 5.43. The average Bonchev–Trinajstić information content (AvgIpc) is 3.16. The van der Waals surface area contributed by atoms with Crippen molar-refractivity contribution in [2.24, 2.45) is 0 Å². The summed E-state index contributed by atoms with van der Waals surface area (Å²) in [6.07, 6.45) is 1.97. The number of aromatic nitrogens is 2. The van der Waals surface area contributed by atoms with Gasteiger partial charge in [-0.2, -0.15) is 0 Å². The van der Waals surface area contributed by atoms with E-state index in [1.54, 1.807) is 56.3 Å². The summed E-state index contributed by atoms with van der Waals surface area (Å²) in [7, 11) is 3.11. The number of nitrogens with one attached hydrogen (secondary N) is 1. The first-order valence-corrected chi connectivity index (χ1v) is 8.87. The van der Waals surface area contributed by atoms with E-state index in [9.17, 15) is 4.79 Å². The van der Waals surface area contributed by atoms with Crippen molar-refractivity contribution in [3.05, 3.63) is 48.0 Å². The van der Waals surface area contributed by atoms with Crippen molar-refractivity contribution in [1.82, 2.24) is 10.2 Å². The van der Waals surface area contributed by atoms with Crippen molar-refractivity contribution in [2.45, 2.75) is 4.90 Å². The maximum absolute atomic E-state index is 12.3. The Morgan fingerprint density at radius 2 is 1.69 bits per heavy atom. The van der Waals surface area contributed by atoms with Crippen LogP contribution in [0, 0.1) is 0 Å². The molecule has 134 valence electrons. The third kappa shape index (κ3) is 3.97. The molecule has 3 rings (SSSR count). The Morgan fingerprint density at radius 1 is 1.04 bits per heavy atom. The maximum Gasteiger partial charge on any atom is 0.322 e. The molecular weight excluding hydrogens is 354 g/mol. The van der Waals surface area contributed by atoms with Crippen LogP contribution < -0.4 is 14.8 Å². The number of anilines is 1. The molecule has 1 amide bonds. The van der Waals surface area contributed by atoms with E-state index in [2.05, 4.69) is 15.5 Å². The minimum Gasteiger partial charge on any atom is -0.497 e. The number of hydrogen-bond donors (Lipinski definition) is 1. The highest BCUT2D eigenvalue weighted by Crippen LogP contribution is 2.29. The molecule has 3 aromatic rings. The fraction of sp³-hybridized carbons (Fsp3) is 0.167. The molecule has 26 heavy (non-hydrogen) atoms. The van der Waals surface area contributed by atoms with Gasteiger partial charge in [-0.25, -0.2) is 0 Å². The monoisotopic (exact) mass is 371 g/mol. The summed E-state index contributed by atoms with van der Waals surface area (Å²) in [5, 5.41) is 10.4. The van der Waals surface area contributed by atoms with Crippen LogP contribution in [0.2, 0.25) is 0 Å². The molecule has 0 saturated carbocycles. The SMILES string of the molecule is COc1cc(OC)cc(-c2nnc(NC(=O)c3ccc(SC)cc3)o2)c1. The molecule has 0 fully saturated rings. The molecule has 7 nitrogen and oxygen atoms in total. The first-order chi connectivity index (χ1) is 12.6. The topological polar surface area (TPSA) is 86.5 Å². The van der Waals surface area contributed by atoms with Crippen molar-refractivity contribution in [2.75, 3.05) is 25.8 Å². The molecule has 0 aliphatic rings. The highest BCUT2D eigenvalue weighted by atomic mass is 32.2. The van der Waals surface area contributed by atoms with Gasteiger partial charge in [-0.05, 0) is 42.7 Å². The lowest BCUT2D eigenvalue weighted by Gasteiger charge is -2.05. The van der Waals surface area contributed by atoms with Gasteiger partial charge in [-0.3, -0.25) is 10.1 Å². The number of carbonyl (C=O) groups excluding carboxylic acids is 1. The molecule has 0 saturated heterocycles. The highest BCUT2D eigenvalue weighted by molar-refractivity contribution is 7.98. The largest absolute Gasteiger partial charge is 0.497 e. The molecular formula is C18H17N3O4S. The molecule has 0 aliphatic carbocycles. The second kappa shape index (κ2) is 7.92. The van der Waals surface area contributed by atoms with E-state index < -0.39 is 0 Å². The smallest absolute Gasteiger partial charge is 0.322 e. The summed E-state index contributed by atoms with van der Waals surface area (Å²) in [4.78, 5) is 13.4. The summed E-state index contributed by atoms with van der Waals surface area (Å²) in [6.45, 7) is 0. The second-order valence-electron chi connectivity index (χ2n) is 5.20. The Labute approximate surface area is 154 Å². The Balaban J connectivity index is 1.78. The zero-order valence-electron chi connectivity index (χ0n) is 14.5. The summed E-state index contributed by atoms with van der Waals surface area (Å²) in [6, 6.07) is 12.5. The Bertz CT molecular complexity index is 887. The lowest BCUT2D eigenvalue weighted by Crippen LogP contribution is -2.11. The van der Waals surface area contributed by atoms with Gasteiger partial charge >= 0.3 is 6.01 Å². The molecule has 2 aromatic carbocycles. The summed E-state index contributed by atoms with van der Waals surface area (Å²) in [5.74, 6) is 1.11. The normalized spacial score (nSPS) is 10.4. The second-order valence-corrected chi connectivity index (χ2v) is 6.08. The van der Waals surface area contributed by atoms with E-state index in [0.29, 0.717) is 22.6 Å². The van der Waals surface area contributed by atoms with E-state index in [-0.39, 0.29) is 17.8 Å². The van der Waals surface area contributed by atoms with Gasteiger partial charge in [0.1, 0.15) is 11.5 Å². The van der Waals surface area contributed by atoms with Crippen LogP contribution in [-0.4, -0.2) is 36.6 Å². The third-order valence-corrected chi connectivity index (χ3v) is 4.34. The van der Waals surface area contributed by atoms with Gasteiger partial charge in [-0.15, -0.1) is 16.9 Å². The number of nitrogens with zero attached hydrogens (tertiary/aromatic N) is 2. The number of ether oxygens (including phenoxy) is 2. The average molecular weight is 371 g/mol. The van der Waals surface area contributed by atoms with E-state index in [0.717, 1.165) is 4.90 Å². The quantitative estimate of drug-likeness (QED) is 0.661. The number of benzene rings is 2. The van der Waals surface area contributed by atoms with Crippen LogP contribution >= 0.6 is 11.8 Å². The van der Waals surface area contributed by atoms with Crippen molar-refractivity contribution in [1.29, 1.82) is 0 Å². The number of methoxy groups -OCH3 is 2. The van der Waals surface area contributed by atoms with Crippen LogP contribution in [0.25, 0.3) is 11.5 Å². The zero-order chi connectivity index (χ0) is 18.5. The number of thioether (sulfide) groups is 1. The number of hydrogen-bond acceptors (Lipinski definition) is 7. The minimum atomic E-state index is -0.323.